The van der Waals surface area contributed by atoms with Crippen LogP contribution in [0.25, 0.3) is 0 Å². The molecule has 0 aromatic rings. The highest BCUT2D eigenvalue weighted by Gasteiger charge is 1.87. The molecule has 0 aliphatic carbocycles. The third-order valence-electron chi connectivity index (χ3n) is 2.06. The average Bonchev–Trinajstić information content (AvgIpc) is 2.43. The molecule has 0 heterocycles. The van der Waals surface area contributed by atoms with Gasteiger partial charge in [0.15, 0.2) is 0 Å². The summed E-state index contributed by atoms with van der Waals surface area (Å²) in [5, 5.41) is 3.03. The molecule has 5 N–H and O–H groups in total. The van der Waals surface area contributed by atoms with Crippen LogP contribution < -0.4 is 16.8 Å². The Labute approximate surface area is 114 Å². The summed E-state index contributed by atoms with van der Waals surface area (Å²) in [5.74, 6) is 0. The first-order valence-corrected chi connectivity index (χ1v) is 6.51. The van der Waals surface area contributed by atoms with Gasteiger partial charge in [0.05, 0.1) is 13.1 Å². The number of hydrogen-bond acceptors (Lipinski definition) is 7. The SMILES string of the molecule is NCCNCCN.O=C=NCCCCCCN=C=O. The van der Waals surface area contributed by atoms with Gasteiger partial charge >= 0.3 is 0 Å². The topological polar surface area (TPSA) is 123 Å². The van der Waals surface area contributed by atoms with Crippen molar-refractivity contribution in [2.24, 2.45) is 21.5 Å². The minimum absolute atomic E-state index is 0.556. The summed E-state index contributed by atoms with van der Waals surface area (Å²) < 4.78 is 0. The van der Waals surface area contributed by atoms with E-state index in [9.17, 15) is 9.59 Å². The van der Waals surface area contributed by atoms with E-state index in [1.54, 1.807) is 0 Å². The van der Waals surface area contributed by atoms with E-state index >= 15 is 0 Å². The van der Waals surface area contributed by atoms with Crippen molar-refractivity contribution in [1.29, 1.82) is 0 Å². The van der Waals surface area contributed by atoms with Crippen LogP contribution in [0.15, 0.2) is 9.98 Å². The van der Waals surface area contributed by atoms with Gasteiger partial charge in [0.1, 0.15) is 0 Å². The third kappa shape index (κ3) is 26.3. The van der Waals surface area contributed by atoms with Gasteiger partial charge in [0.25, 0.3) is 0 Å². The van der Waals surface area contributed by atoms with E-state index in [0.717, 1.165) is 38.8 Å². The number of nitrogens with zero attached hydrogens (tertiary/aromatic N) is 2. The normalized spacial score (nSPS) is 8.74. The molecule has 0 aliphatic heterocycles. The second kappa shape index (κ2) is 21.9. The summed E-state index contributed by atoms with van der Waals surface area (Å²) in [6.07, 6.45) is 6.80. The fourth-order valence-corrected chi connectivity index (χ4v) is 1.16. The van der Waals surface area contributed by atoms with Gasteiger partial charge < -0.3 is 16.8 Å². The van der Waals surface area contributed by atoms with Crippen LogP contribution in [0.2, 0.25) is 0 Å². The number of aliphatic imine (C=N–C) groups is 2. The van der Waals surface area contributed by atoms with Gasteiger partial charge in [-0.15, -0.1) is 0 Å². The van der Waals surface area contributed by atoms with Crippen LogP contribution in [0.1, 0.15) is 25.7 Å². The van der Waals surface area contributed by atoms with Crippen molar-refractivity contribution in [3.8, 4) is 0 Å². The summed E-state index contributed by atoms with van der Waals surface area (Å²) in [7, 11) is 0. The summed E-state index contributed by atoms with van der Waals surface area (Å²) >= 11 is 0. The minimum Gasteiger partial charge on any atom is -0.329 e. The number of carbonyl (C=O) groups excluding carboxylic acids is 2. The highest BCUT2D eigenvalue weighted by molar-refractivity contribution is 5.32. The lowest BCUT2D eigenvalue weighted by atomic mass is 10.2. The Morgan fingerprint density at radius 2 is 1.21 bits per heavy atom. The molecular formula is C12H25N5O2. The highest BCUT2D eigenvalue weighted by atomic mass is 16.1. The van der Waals surface area contributed by atoms with E-state index in [2.05, 4.69) is 15.3 Å². The quantitative estimate of drug-likeness (QED) is 0.271. The van der Waals surface area contributed by atoms with Gasteiger partial charge in [-0.2, -0.15) is 0 Å². The summed E-state index contributed by atoms with van der Waals surface area (Å²) in [6, 6.07) is 0. The molecule has 0 saturated heterocycles. The Balaban J connectivity index is 0. The Morgan fingerprint density at radius 1 is 0.789 bits per heavy atom. The number of rotatable bonds is 11. The molecule has 0 atom stereocenters. The monoisotopic (exact) mass is 271 g/mol. The van der Waals surface area contributed by atoms with Gasteiger partial charge in [-0.25, -0.2) is 19.6 Å². The Morgan fingerprint density at radius 3 is 1.53 bits per heavy atom. The third-order valence-corrected chi connectivity index (χ3v) is 2.06. The molecule has 0 aromatic carbocycles. The zero-order valence-corrected chi connectivity index (χ0v) is 11.4. The first-order chi connectivity index (χ1) is 9.33. The number of nitrogens with one attached hydrogen (secondary N) is 1. The predicted octanol–water partition coefficient (Wildman–Crippen LogP) is -0.288. The Kier molecular flexibility index (Phi) is 23.0. The predicted molar refractivity (Wildman–Crippen MR) is 75.4 cm³/mol. The molecule has 0 saturated carbocycles. The molecule has 0 aromatic heterocycles. The van der Waals surface area contributed by atoms with E-state index < -0.39 is 0 Å². The van der Waals surface area contributed by atoms with Crippen molar-refractivity contribution in [2.45, 2.75) is 25.7 Å². The molecule has 0 rings (SSSR count). The van der Waals surface area contributed by atoms with E-state index in [4.69, 9.17) is 11.5 Å². The highest BCUT2D eigenvalue weighted by Crippen LogP contribution is 1.99. The molecule has 0 spiro atoms. The van der Waals surface area contributed by atoms with Crippen molar-refractivity contribution >= 4 is 12.2 Å². The first kappa shape index (κ1) is 20.0. The number of nitrogens with two attached hydrogens (primary N) is 2. The Hall–Kier alpha value is -1.36. The lowest BCUT2D eigenvalue weighted by Gasteiger charge is -1.95. The number of hydrogen-bond donors (Lipinski definition) is 3. The van der Waals surface area contributed by atoms with Crippen molar-refractivity contribution in [1.82, 2.24) is 5.32 Å². The maximum atomic E-state index is 9.63. The molecule has 0 aliphatic rings. The van der Waals surface area contributed by atoms with E-state index in [0.29, 0.717) is 26.2 Å². The van der Waals surface area contributed by atoms with Crippen LogP contribution in [-0.4, -0.2) is 51.4 Å². The molecule has 0 radical (unpaired) electrons. The molecular weight excluding hydrogens is 246 g/mol. The summed E-state index contributed by atoms with van der Waals surface area (Å²) in [6.45, 7) is 4.25. The summed E-state index contributed by atoms with van der Waals surface area (Å²) in [4.78, 5) is 26.1. The van der Waals surface area contributed by atoms with Crippen molar-refractivity contribution in [3.63, 3.8) is 0 Å². The number of isocyanates is 2. The number of unbranched alkanes of at least 4 members (excludes halogenated alkanes) is 3. The fraction of sp³-hybridized carbons (Fsp3) is 0.833. The molecule has 7 nitrogen and oxygen atoms in total. The second-order valence-corrected chi connectivity index (χ2v) is 3.69. The van der Waals surface area contributed by atoms with Crippen molar-refractivity contribution in [3.05, 3.63) is 0 Å². The van der Waals surface area contributed by atoms with Gasteiger partial charge in [-0.1, -0.05) is 12.8 Å². The van der Waals surface area contributed by atoms with E-state index in [1.807, 2.05) is 0 Å². The molecule has 0 fully saturated rings. The fourth-order valence-electron chi connectivity index (χ4n) is 1.16. The lowest BCUT2D eigenvalue weighted by molar-refractivity contribution is 0.558. The summed E-state index contributed by atoms with van der Waals surface area (Å²) in [5.41, 5.74) is 10.3. The van der Waals surface area contributed by atoms with Gasteiger partial charge in [-0.3, -0.25) is 0 Å². The van der Waals surface area contributed by atoms with Crippen LogP contribution in [-0.2, 0) is 9.59 Å². The standard InChI is InChI=1S/C8H12N2O2.C4H13N3/c11-7-9-5-3-1-2-4-6-10-8-12;5-1-3-7-4-2-6/h1-6H2;7H,1-6H2. The molecule has 0 amide bonds. The van der Waals surface area contributed by atoms with Crippen LogP contribution in [0.3, 0.4) is 0 Å². The second-order valence-electron chi connectivity index (χ2n) is 3.69. The maximum absolute atomic E-state index is 9.63. The molecule has 0 unspecified atom stereocenters. The molecule has 19 heavy (non-hydrogen) atoms. The Bertz CT molecular complexity index is 235. The van der Waals surface area contributed by atoms with Gasteiger partial charge in [0.2, 0.25) is 12.2 Å². The van der Waals surface area contributed by atoms with Crippen LogP contribution in [0.5, 0.6) is 0 Å². The molecule has 7 heteroatoms. The van der Waals surface area contributed by atoms with Gasteiger partial charge in [-0.05, 0) is 12.8 Å². The smallest absolute Gasteiger partial charge is 0.234 e. The van der Waals surface area contributed by atoms with Crippen LogP contribution in [0, 0.1) is 0 Å². The largest absolute Gasteiger partial charge is 0.329 e. The van der Waals surface area contributed by atoms with E-state index in [-0.39, 0.29) is 0 Å². The van der Waals surface area contributed by atoms with E-state index in [1.165, 1.54) is 12.2 Å². The maximum Gasteiger partial charge on any atom is 0.234 e. The van der Waals surface area contributed by atoms with Crippen molar-refractivity contribution < 1.29 is 9.59 Å². The zero-order valence-electron chi connectivity index (χ0n) is 11.4. The average molecular weight is 271 g/mol. The first-order valence-electron chi connectivity index (χ1n) is 6.51. The van der Waals surface area contributed by atoms with Crippen molar-refractivity contribution in [2.75, 3.05) is 39.3 Å². The lowest BCUT2D eigenvalue weighted by Crippen LogP contribution is -2.27. The molecule has 110 valence electrons. The molecule has 0 bridgehead atoms. The minimum atomic E-state index is 0.556. The van der Waals surface area contributed by atoms with Gasteiger partial charge in [0, 0.05) is 26.2 Å². The van der Waals surface area contributed by atoms with Crippen LogP contribution >= 0.6 is 0 Å². The van der Waals surface area contributed by atoms with Crippen LogP contribution in [0.4, 0.5) is 0 Å². The zero-order chi connectivity index (χ0) is 14.6.